The van der Waals surface area contributed by atoms with Crippen LogP contribution in [0.2, 0.25) is 0 Å². The van der Waals surface area contributed by atoms with Crippen LogP contribution < -0.4 is 0 Å². The van der Waals surface area contributed by atoms with Crippen LogP contribution in [-0.4, -0.2) is 35.2 Å². The number of Topliss-reactive ketones (excluding diaryl/α,β-unsaturated/α-hetero) is 2. The number of ether oxygens (including phenoxy) is 1. The largest absolute Gasteiger partial charge is 0.481 e. The minimum absolute atomic E-state index is 0.00577. The number of hydrogen-bond acceptors (Lipinski definition) is 5. The lowest BCUT2D eigenvalue weighted by molar-refractivity contribution is -0.145. The van der Waals surface area contributed by atoms with E-state index in [9.17, 15) is 19.2 Å². The van der Waals surface area contributed by atoms with Crippen molar-refractivity contribution in [2.45, 2.75) is 38.5 Å². The average molecular weight is 320 g/mol. The number of benzene rings is 1. The molecule has 0 radical (unpaired) electrons. The molecule has 1 rings (SSSR count). The maximum absolute atomic E-state index is 12.0. The average Bonchev–Trinajstić information content (AvgIpc) is 2.46. The fraction of sp³-hybridized carbons (Fsp3) is 0.412. The van der Waals surface area contributed by atoms with Gasteiger partial charge in [-0.05, 0) is 18.4 Å². The van der Waals surface area contributed by atoms with Crippen molar-refractivity contribution in [2.75, 3.05) is 6.61 Å². The molecule has 1 unspecified atom stereocenters. The van der Waals surface area contributed by atoms with Crippen molar-refractivity contribution in [3.8, 4) is 0 Å². The van der Waals surface area contributed by atoms with Gasteiger partial charge in [0.25, 0.3) is 0 Å². The molecule has 0 aliphatic carbocycles. The number of carbonyl (C=O) groups excluding carboxylic acids is 3. The minimum Gasteiger partial charge on any atom is -0.481 e. The molecule has 0 heterocycles. The van der Waals surface area contributed by atoms with E-state index < -0.39 is 30.1 Å². The van der Waals surface area contributed by atoms with Gasteiger partial charge in [-0.2, -0.15) is 0 Å². The van der Waals surface area contributed by atoms with E-state index in [0.29, 0.717) is 0 Å². The summed E-state index contributed by atoms with van der Waals surface area (Å²) in [6.07, 6.45) is -0.973. The number of rotatable bonds is 10. The molecule has 0 bridgehead atoms. The van der Waals surface area contributed by atoms with E-state index in [1.54, 1.807) is 37.3 Å². The highest BCUT2D eigenvalue weighted by Crippen LogP contribution is 2.25. The molecule has 0 aliphatic heterocycles. The summed E-state index contributed by atoms with van der Waals surface area (Å²) in [6.45, 7) is 1.85. The molecule has 23 heavy (non-hydrogen) atoms. The molecule has 0 amide bonds. The molecule has 1 aromatic carbocycles. The summed E-state index contributed by atoms with van der Waals surface area (Å²) < 4.78 is 4.73. The van der Waals surface area contributed by atoms with E-state index in [1.165, 1.54) is 0 Å². The van der Waals surface area contributed by atoms with Crippen LogP contribution >= 0.6 is 0 Å². The second kappa shape index (κ2) is 9.50. The fourth-order valence-electron chi connectivity index (χ4n) is 2.27. The molecule has 124 valence electrons. The maximum atomic E-state index is 12.0. The molecule has 1 N–H and O–H groups in total. The molecular weight excluding hydrogens is 300 g/mol. The van der Waals surface area contributed by atoms with Gasteiger partial charge < -0.3 is 9.84 Å². The number of carbonyl (C=O) groups is 4. The topological polar surface area (TPSA) is 97.7 Å². The molecule has 0 aliphatic rings. The zero-order chi connectivity index (χ0) is 17.2. The fourth-order valence-corrected chi connectivity index (χ4v) is 2.27. The van der Waals surface area contributed by atoms with Crippen molar-refractivity contribution in [2.24, 2.45) is 0 Å². The Morgan fingerprint density at radius 3 is 2.09 bits per heavy atom. The molecule has 1 aromatic rings. The molecule has 0 saturated carbocycles. The normalized spacial score (nSPS) is 11.5. The Labute approximate surface area is 134 Å². The second-order valence-corrected chi connectivity index (χ2v) is 5.15. The quantitative estimate of drug-likeness (QED) is 0.524. The zero-order valence-electron chi connectivity index (χ0n) is 13.0. The lowest BCUT2D eigenvalue weighted by atomic mass is 9.88. The van der Waals surface area contributed by atoms with Crippen molar-refractivity contribution in [3.05, 3.63) is 35.9 Å². The Hall–Kier alpha value is -2.50. The van der Waals surface area contributed by atoms with Crippen LogP contribution in [0.3, 0.4) is 0 Å². The summed E-state index contributed by atoms with van der Waals surface area (Å²) in [6, 6.07) is 8.91. The molecular formula is C17H20O6. The van der Waals surface area contributed by atoms with Crippen LogP contribution in [0.25, 0.3) is 0 Å². The van der Waals surface area contributed by atoms with Crippen molar-refractivity contribution in [1.29, 1.82) is 0 Å². The first-order valence-electron chi connectivity index (χ1n) is 7.38. The highest BCUT2D eigenvalue weighted by atomic mass is 16.5. The number of carboxylic acids is 1. The van der Waals surface area contributed by atoms with E-state index >= 15 is 0 Å². The Morgan fingerprint density at radius 2 is 1.57 bits per heavy atom. The molecule has 6 nitrogen and oxygen atoms in total. The van der Waals surface area contributed by atoms with Crippen molar-refractivity contribution >= 4 is 23.5 Å². The minimum atomic E-state index is -1.19. The monoisotopic (exact) mass is 320 g/mol. The molecule has 0 saturated heterocycles. The van der Waals surface area contributed by atoms with E-state index in [-0.39, 0.29) is 31.7 Å². The Kier molecular flexibility index (Phi) is 7.66. The van der Waals surface area contributed by atoms with Crippen LogP contribution in [0.1, 0.15) is 44.1 Å². The van der Waals surface area contributed by atoms with Gasteiger partial charge in [-0.3, -0.25) is 19.2 Å². The molecule has 6 heteroatoms. The highest BCUT2D eigenvalue weighted by molar-refractivity contribution is 5.97. The van der Waals surface area contributed by atoms with Gasteiger partial charge in [-0.25, -0.2) is 0 Å². The van der Waals surface area contributed by atoms with Crippen molar-refractivity contribution in [1.82, 2.24) is 0 Å². The first kappa shape index (κ1) is 18.5. The van der Waals surface area contributed by atoms with Crippen LogP contribution in [0.5, 0.6) is 0 Å². The van der Waals surface area contributed by atoms with Gasteiger partial charge in [0.15, 0.2) is 0 Å². The van der Waals surface area contributed by atoms with Gasteiger partial charge in [0.05, 0.1) is 6.61 Å². The van der Waals surface area contributed by atoms with Crippen LogP contribution in [0, 0.1) is 0 Å². The van der Waals surface area contributed by atoms with E-state index in [2.05, 4.69) is 0 Å². The van der Waals surface area contributed by atoms with E-state index in [1.807, 2.05) is 0 Å². The SMILES string of the molecule is CCOC(=O)CC(=O)CC(CC(=O)CC(=O)O)c1ccccc1. The van der Waals surface area contributed by atoms with Gasteiger partial charge in [0.2, 0.25) is 0 Å². The number of aliphatic carboxylic acids is 1. The summed E-state index contributed by atoms with van der Waals surface area (Å²) in [7, 11) is 0. The predicted molar refractivity (Wildman–Crippen MR) is 81.9 cm³/mol. The summed E-state index contributed by atoms with van der Waals surface area (Å²) >= 11 is 0. The third kappa shape index (κ3) is 7.35. The first-order chi connectivity index (χ1) is 10.9. The zero-order valence-corrected chi connectivity index (χ0v) is 13.0. The number of carboxylic acid groups (broad SMARTS) is 1. The standard InChI is InChI=1S/C17H20O6/c1-2-23-17(22)11-15(19)9-13(8-14(18)10-16(20)21)12-6-4-3-5-7-12/h3-7,13H,2,8-11H2,1H3,(H,20,21). The van der Waals surface area contributed by atoms with Gasteiger partial charge in [-0.1, -0.05) is 30.3 Å². The predicted octanol–water partition coefficient (Wildman–Crippen LogP) is 2.12. The Morgan fingerprint density at radius 1 is 1.00 bits per heavy atom. The third-order valence-corrected chi connectivity index (χ3v) is 3.21. The summed E-state index contributed by atoms with van der Waals surface area (Å²) in [4.78, 5) is 45.7. The summed E-state index contributed by atoms with van der Waals surface area (Å²) in [5.41, 5.74) is 0.767. The molecule has 0 spiro atoms. The highest BCUT2D eigenvalue weighted by Gasteiger charge is 2.22. The number of esters is 1. The molecule has 0 aromatic heterocycles. The van der Waals surface area contributed by atoms with Crippen LogP contribution in [0.15, 0.2) is 30.3 Å². The van der Waals surface area contributed by atoms with Crippen molar-refractivity contribution < 1.29 is 29.0 Å². The summed E-state index contributed by atoms with van der Waals surface area (Å²) in [5, 5.41) is 8.68. The lowest BCUT2D eigenvalue weighted by Gasteiger charge is -2.15. The second-order valence-electron chi connectivity index (χ2n) is 5.15. The van der Waals surface area contributed by atoms with Gasteiger partial charge >= 0.3 is 11.9 Å². The Balaban J connectivity index is 2.75. The van der Waals surface area contributed by atoms with Crippen LogP contribution in [-0.2, 0) is 23.9 Å². The first-order valence-corrected chi connectivity index (χ1v) is 7.38. The van der Waals surface area contributed by atoms with Crippen LogP contribution in [0.4, 0.5) is 0 Å². The molecule has 1 atom stereocenters. The Bertz CT molecular complexity index is 564. The van der Waals surface area contributed by atoms with E-state index in [0.717, 1.165) is 5.56 Å². The number of hydrogen-bond donors (Lipinski definition) is 1. The smallest absolute Gasteiger partial charge is 0.313 e. The third-order valence-electron chi connectivity index (χ3n) is 3.21. The molecule has 0 fully saturated rings. The number of ketones is 2. The maximum Gasteiger partial charge on any atom is 0.313 e. The van der Waals surface area contributed by atoms with Crippen molar-refractivity contribution in [3.63, 3.8) is 0 Å². The van der Waals surface area contributed by atoms with Gasteiger partial charge in [0, 0.05) is 12.8 Å². The lowest BCUT2D eigenvalue weighted by Crippen LogP contribution is -2.17. The van der Waals surface area contributed by atoms with Gasteiger partial charge in [-0.15, -0.1) is 0 Å². The summed E-state index contributed by atoms with van der Waals surface area (Å²) in [5.74, 6) is -3.01. The van der Waals surface area contributed by atoms with Gasteiger partial charge in [0.1, 0.15) is 24.4 Å². The van der Waals surface area contributed by atoms with E-state index in [4.69, 9.17) is 9.84 Å².